The van der Waals surface area contributed by atoms with Gasteiger partial charge in [-0.15, -0.1) is 0 Å². The number of hydrogen-bond donors (Lipinski definition) is 2. The third kappa shape index (κ3) is 6.55. The van der Waals surface area contributed by atoms with E-state index in [-0.39, 0.29) is 23.6 Å². The molecule has 1 aliphatic carbocycles. The molecule has 0 saturated heterocycles. The van der Waals surface area contributed by atoms with E-state index in [0.717, 1.165) is 24.8 Å². The normalized spacial score (nSPS) is 21.1. The van der Waals surface area contributed by atoms with E-state index in [9.17, 15) is 14.4 Å². The summed E-state index contributed by atoms with van der Waals surface area (Å²) in [5.41, 5.74) is 0.741. The van der Waals surface area contributed by atoms with Gasteiger partial charge in [0.05, 0.1) is 0 Å². The maximum atomic E-state index is 12.5. The molecular formula is C21H28N2O4. The van der Waals surface area contributed by atoms with Gasteiger partial charge < -0.3 is 15.4 Å². The lowest BCUT2D eigenvalue weighted by Crippen LogP contribution is -2.46. The van der Waals surface area contributed by atoms with E-state index in [1.807, 2.05) is 18.2 Å². The third-order valence-corrected chi connectivity index (χ3v) is 4.73. The fraction of sp³-hybridized carbons (Fsp3) is 0.476. The van der Waals surface area contributed by atoms with Gasteiger partial charge in [-0.1, -0.05) is 50.1 Å². The topological polar surface area (TPSA) is 84.5 Å². The van der Waals surface area contributed by atoms with Crippen LogP contribution in [-0.2, 0) is 19.1 Å². The molecule has 2 N–H and O–H groups in total. The smallest absolute Gasteiger partial charge is 0.355 e. The predicted octanol–water partition coefficient (Wildman–Crippen LogP) is 2.79. The van der Waals surface area contributed by atoms with Gasteiger partial charge in [0.25, 0.3) is 5.91 Å². The number of esters is 1. The van der Waals surface area contributed by atoms with Crippen LogP contribution < -0.4 is 10.6 Å². The van der Waals surface area contributed by atoms with Crippen molar-refractivity contribution in [2.24, 2.45) is 5.92 Å². The molecule has 1 aliphatic rings. The molecule has 27 heavy (non-hydrogen) atoms. The van der Waals surface area contributed by atoms with Crippen molar-refractivity contribution in [1.82, 2.24) is 10.6 Å². The molecule has 0 aromatic heterocycles. The summed E-state index contributed by atoms with van der Waals surface area (Å²) in [5, 5.41) is 5.46. The van der Waals surface area contributed by atoms with Crippen LogP contribution in [0.25, 0.3) is 6.08 Å². The van der Waals surface area contributed by atoms with Gasteiger partial charge in [0.1, 0.15) is 5.70 Å². The average molecular weight is 372 g/mol. The minimum absolute atomic E-state index is 0.000570. The molecule has 0 bridgehead atoms. The first-order valence-electron chi connectivity index (χ1n) is 9.42. The molecule has 0 heterocycles. The Morgan fingerprint density at radius 1 is 1.15 bits per heavy atom. The van der Waals surface area contributed by atoms with Crippen LogP contribution in [0.4, 0.5) is 0 Å². The number of amides is 2. The summed E-state index contributed by atoms with van der Waals surface area (Å²) in [6.45, 7) is 4.97. The molecule has 0 radical (unpaired) electrons. The first-order chi connectivity index (χ1) is 12.9. The molecule has 6 nitrogen and oxygen atoms in total. The van der Waals surface area contributed by atoms with Crippen LogP contribution in [0.5, 0.6) is 0 Å². The molecule has 1 aromatic rings. The molecule has 1 fully saturated rings. The molecular weight excluding hydrogens is 344 g/mol. The second-order valence-electron chi connectivity index (χ2n) is 7.07. The molecule has 3 atom stereocenters. The SMILES string of the molecule is CC(=O)N/C(=C\c1ccccc1)C(=O)O[C@H](C)C(=O)N[C@H]1CCCC[C@H]1C. The fourth-order valence-corrected chi connectivity index (χ4v) is 3.16. The van der Waals surface area contributed by atoms with E-state index in [4.69, 9.17) is 4.74 Å². The van der Waals surface area contributed by atoms with Crippen LogP contribution in [0, 0.1) is 5.92 Å². The lowest BCUT2D eigenvalue weighted by atomic mass is 9.86. The molecule has 0 aliphatic heterocycles. The fourth-order valence-electron chi connectivity index (χ4n) is 3.16. The summed E-state index contributed by atoms with van der Waals surface area (Å²) in [4.78, 5) is 36.3. The Morgan fingerprint density at radius 2 is 1.81 bits per heavy atom. The Kier molecular flexibility index (Phi) is 7.58. The van der Waals surface area contributed by atoms with Crippen LogP contribution in [0.1, 0.15) is 52.0 Å². The summed E-state index contributed by atoms with van der Waals surface area (Å²) < 4.78 is 5.29. The van der Waals surface area contributed by atoms with Crippen molar-refractivity contribution in [2.45, 2.75) is 58.6 Å². The van der Waals surface area contributed by atoms with E-state index in [1.54, 1.807) is 12.1 Å². The Labute approximate surface area is 160 Å². The van der Waals surface area contributed by atoms with Crippen molar-refractivity contribution in [3.05, 3.63) is 41.6 Å². The van der Waals surface area contributed by atoms with Gasteiger partial charge in [0.2, 0.25) is 5.91 Å². The predicted molar refractivity (Wildman–Crippen MR) is 103 cm³/mol. The van der Waals surface area contributed by atoms with Crippen molar-refractivity contribution < 1.29 is 19.1 Å². The monoisotopic (exact) mass is 372 g/mol. The molecule has 6 heteroatoms. The molecule has 1 aromatic carbocycles. The highest BCUT2D eigenvalue weighted by Gasteiger charge is 2.27. The van der Waals surface area contributed by atoms with Gasteiger partial charge in [0.15, 0.2) is 6.10 Å². The average Bonchev–Trinajstić information content (AvgIpc) is 2.63. The standard InChI is InChI=1S/C21H28N2O4/c1-14-9-7-8-12-18(14)23-20(25)15(2)27-21(26)19(22-16(3)24)13-17-10-5-4-6-11-17/h4-6,10-11,13-15,18H,7-9,12H2,1-3H3,(H,22,24)(H,23,25)/b19-13-/t14-,15-,18+/m1/s1. The number of ether oxygens (including phenoxy) is 1. The zero-order valence-electron chi connectivity index (χ0n) is 16.2. The first-order valence-corrected chi connectivity index (χ1v) is 9.42. The van der Waals surface area contributed by atoms with Crippen LogP contribution in [0.2, 0.25) is 0 Å². The van der Waals surface area contributed by atoms with E-state index in [0.29, 0.717) is 5.92 Å². The van der Waals surface area contributed by atoms with E-state index < -0.39 is 12.1 Å². The van der Waals surface area contributed by atoms with Crippen LogP contribution in [-0.4, -0.2) is 29.9 Å². The van der Waals surface area contributed by atoms with E-state index in [2.05, 4.69) is 17.6 Å². The second-order valence-corrected chi connectivity index (χ2v) is 7.07. The first kappa shape index (κ1) is 20.7. The Balaban J connectivity index is 2.01. The van der Waals surface area contributed by atoms with Crippen molar-refractivity contribution in [2.75, 3.05) is 0 Å². The van der Waals surface area contributed by atoms with E-state index >= 15 is 0 Å². The highest BCUT2D eigenvalue weighted by atomic mass is 16.5. The maximum absolute atomic E-state index is 12.5. The van der Waals surface area contributed by atoms with Gasteiger partial charge in [0, 0.05) is 13.0 Å². The maximum Gasteiger partial charge on any atom is 0.355 e. The molecule has 1 saturated carbocycles. The second kappa shape index (κ2) is 9.90. The summed E-state index contributed by atoms with van der Waals surface area (Å²) in [5.74, 6) is -1.03. The van der Waals surface area contributed by atoms with Crippen LogP contribution >= 0.6 is 0 Å². The minimum Gasteiger partial charge on any atom is -0.448 e. The van der Waals surface area contributed by atoms with Gasteiger partial charge in [-0.25, -0.2) is 4.79 Å². The number of benzene rings is 1. The summed E-state index contributed by atoms with van der Waals surface area (Å²) >= 11 is 0. The number of rotatable bonds is 6. The quantitative estimate of drug-likeness (QED) is 0.594. The largest absolute Gasteiger partial charge is 0.448 e. The zero-order chi connectivity index (χ0) is 19.8. The van der Waals surface area contributed by atoms with Crippen molar-refractivity contribution >= 4 is 23.9 Å². The Hall–Kier alpha value is -2.63. The lowest BCUT2D eigenvalue weighted by molar-refractivity contribution is -0.152. The molecule has 0 spiro atoms. The van der Waals surface area contributed by atoms with Gasteiger partial charge >= 0.3 is 5.97 Å². The summed E-state index contributed by atoms with van der Waals surface area (Å²) in [7, 11) is 0. The van der Waals surface area contributed by atoms with Crippen molar-refractivity contribution in [1.29, 1.82) is 0 Å². The van der Waals surface area contributed by atoms with Crippen LogP contribution in [0.15, 0.2) is 36.0 Å². The minimum atomic E-state index is -0.945. The molecule has 146 valence electrons. The lowest BCUT2D eigenvalue weighted by Gasteiger charge is -2.30. The Morgan fingerprint density at radius 3 is 2.44 bits per heavy atom. The number of carbonyl (C=O) groups excluding carboxylic acids is 3. The highest BCUT2D eigenvalue weighted by molar-refractivity contribution is 5.98. The van der Waals surface area contributed by atoms with Crippen LogP contribution in [0.3, 0.4) is 0 Å². The third-order valence-electron chi connectivity index (χ3n) is 4.73. The highest BCUT2D eigenvalue weighted by Crippen LogP contribution is 2.23. The molecule has 2 rings (SSSR count). The molecule has 2 amide bonds. The number of nitrogens with one attached hydrogen (secondary N) is 2. The number of carbonyl (C=O) groups is 3. The van der Waals surface area contributed by atoms with E-state index in [1.165, 1.54) is 26.3 Å². The van der Waals surface area contributed by atoms with Gasteiger partial charge in [-0.2, -0.15) is 0 Å². The van der Waals surface area contributed by atoms with Crippen molar-refractivity contribution in [3.63, 3.8) is 0 Å². The Bertz CT molecular complexity index is 699. The zero-order valence-corrected chi connectivity index (χ0v) is 16.2. The van der Waals surface area contributed by atoms with Crippen molar-refractivity contribution in [3.8, 4) is 0 Å². The van der Waals surface area contributed by atoms with Gasteiger partial charge in [-0.3, -0.25) is 9.59 Å². The number of hydrogen-bond acceptors (Lipinski definition) is 4. The van der Waals surface area contributed by atoms with Gasteiger partial charge in [-0.05, 0) is 37.3 Å². The summed E-state index contributed by atoms with van der Waals surface area (Å²) in [6.07, 6.45) is 4.89. The molecule has 0 unspecified atom stereocenters. The summed E-state index contributed by atoms with van der Waals surface area (Å²) in [6, 6.07) is 9.22.